The fraction of sp³-hybridized carbons (Fsp3) is 0.571. The molecule has 1 rings (SSSR count). The van der Waals surface area contributed by atoms with E-state index in [1.165, 1.54) is 6.07 Å². The standard InChI is InChI=1S/C14H21BrN2O3/c1-14(2,6-3-7-18)10-16-9-11-8-12(15)4-5-13(11)17(19)20/h4-5,8,16,18H,3,6-7,9-10H2,1-2H3. The van der Waals surface area contributed by atoms with Crippen LogP contribution in [0.4, 0.5) is 5.69 Å². The van der Waals surface area contributed by atoms with Crippen LogP contribution in [0, 0.1) is 15.5 Å². The average molecular weight is 345 g/mol. The minimum atomic E-state index is -0.361. The summed E-state index contributed by atoms with van der Waals surface area (Å²) in [5.74, 6) is 0. The first-order chi connectivity index (χ1) is 9.35. The van der Waals surface area contributed by atoms with Crippen LogP contribution < -0.4 is 5.32 Å². The second kappa shape index (κ2) is 7.71. The predicted molar refractivity (Wildman–Crippen MR) is 82.6 cm³/mol. The molecule has 5 nitrogen and oxygen atoms in total. The van der Waals surface area contributed by atoms with Crippen molar-refractivity contribution in [2.75, 3.05) is 13.2 Å². The molecule has 0 heterocycles. The van der Waals surface area contributed by atoms with Gasteiger partial charge in [0, 0.05) is 35.8 Å². The molecule has 0 atom stereocenters. The molecule has 0 aromatic heterocycles. The Morgan fingerprint density at radius 1 is 1.45 bits per heavy atom. The molecule has 0 aliphatic carbocycles. The summed E-state index contributed by atoms with van der Waals surface area (Å²) >= 11 is 3.33. The smallest absolute Gasteiger partial charge is 0.273 e. The van der Waals surface area contributed by atoms with Crippen molar-refractivity contribution in [1.82, 2.24) is 5.32 Å². The molecule has 0 saturated heterocycles. The normalized spacial score (nSPS) is 11.6. The summed E-state index contributed by atoms with van der Waals surface area (Å²) in [7, 11) is 0. The Bertz CT molecular complexity index is 464. The second-order valence-electron chi connectivity index (χ2n) is 5.63. The first kappa shape index (κ1) is 17.1. The molecule has 0 radical (unpaired) electrons. The monoisotopic (exact) mass is 344 g/mol. The molecule has 0 fully saturated rings. The van der Waals surface area contributed by atoms with E-state index in [0.29, 0.717) is 12.1 Å². The highest BCUT2D eigenvalue weighted by Crippen LogP contribution is 2.24. The summed E-state index contributed by atoms with van der Waals surface area (Å²) in [4.78, 5) is 10.6. The Kier molecular flexibility index (Phi) is 6.58. The number of hydrogen-bond acceptors (Lipinski definition) is 4. The Morgan fingerprint density at radius 3 is 2.75 bits per heavy atom. The molecule has 1 aromatic carbocycles. The van der Waals surface area contributed by atoms with E-state index in [-0.39, 0.29) is 22.6 Å². The van der Waals surface area contributed by atoms with Crippen molar-refractivity contribution in [1.29, 1.82) is 0 Å². The molecule has 6 heteroatoms. The highest BCUT2D eigenvalue weighted by molar-refractivity contribution is 9.10. The first-order valence-electron chi connectivity index (χ1n) is 6.60. The van der Waals surface area contributed by atoms with Gasteiger partial charge in [-0.1, -0.05) is 29.8 Å². The number of benzene rings is 1. The fourth-order valence-corrected chi connectivity index (χ4v) is 2.46. The van der Waals surface area contributed by atoms with Crippen molar-refractivity contribution in [2.45, 2.75) is 33.2 Å². The number of halogens is 1. The number of hydrogen-bond donors (Lipinski definition) is 2. The third kappa shape index (κ3) is 5.56. The largest absolute Gasteiger partial charge is 0.396 e. The lowest BCUT2D eigenvalue weighted by atomic mass is 9.88. The summed E-state index contributed by atoms with van der Waals surface area (Å²) in [6.07, 6.45) is 1.68. The van der Waals surface area contributed by atoms with E-state index in [4.69, 9.17) is 5.11 Å². The lowest BCUT2D eigenvalue weighted by Crippen LogP contribution is -2.29. The van der Waals surface area contributed by atoms with Gasteiger partial charge in [-0.3, -0.25) is 10.1 Å². The van der Waals surface area contributed by atoms with E-state index in [2.05, 4.69) is 35.1 Å². The van der Waals surface area contributed by atoms with Gasteiger partial charge in [0.25, 0.3) is 5.69 Å². The Balaban J connectivity index is 2.61. The maximum Gasteiger partial charge on any atom is 0.273 e. The van der Waals surface area contributed by atoms with Crippen LogP contribution >= 0.6 is 15.9 Å². The molecule has 20 heavy (non-hydrogen) atoms. The topological polar surface area (TPSA) is 75.4 Å². The number of nitro benzene ring substituents is 1. The summed E-state index contributed by atoms with van der Waals surface area (Å²) < 4.78 is 0.833. The Hall–Kier alpha value is -0.980. The van der Waals surface area contributed by atoms with E-state index < -0.39 is 0 Å². The molecular weight excluding hydrogens is 324 g/mol. The molecule has 0 aliphatic rings. The van der Waals surface area contributed by atoms with Crippen molar-refractivity contribution >= 4 is 21.6 Å². The van der Waals surface area contributed by atoms with Crippen LogP contribution in [-0.4, -0.2) is 23.2 Å². The van der Waals surface area contributed by atoms with Gasteiger partial charge in [0.15, 0.2) is 0 Å². The minimum Gasteiger partial charge on any atom is -0.396 e. The van der Waals surface area contributed by atoms with E-state index in [9.17, 15) is 10.1 Å². The number of nitrogens with zero attached hydrogens (tertiary/aromatic N) is 1. The molecule has 0 aliphatic heterocycles. The highest BCUT2D eigenvalue weighted by atomic mass is 79.9. The van der Waals surface area contributed by atoms with Crippen LogP contribution in [0.15, 0.2) is 22.7 Å². The summed E-state index contributed by atoms with van der Waals surface area (Å²) in [6.45, 7) is 5.63. The molecular formula is C14H21BrN2O3. The van der Waals surface area contributed by atoms with E-state index in [0.717, 1.165) is 23.9 Å². The molecule has 0 amide bonds. The zero-order valence-corrected chi connectivity index (χ0v) is 13.4. The van der Waals surface area contributed by atoms with E-state index in [1.54, 1.807) is 12.1 Å². The first-order valence-corrected chi connectivity index (χ1v) is 7.39. The quantitative estimate of drug-likeness (QED) is 0.560. The second-order valence-corrected chi connectivity index (χ2v) is 6.54. The van der Waals surface area contributed by atoms with Crippen molar-refractivity contribution in [2.24, 2.45) is 5.41 Å². The van der Waals surface area contributed by atoms with Crippen LogP contribution in [0.5, 0.6) is 0 Å². The molecule has 0 spiro atoms. The number of nitro groups is 1. The Morgan fingerprint density at radius 2 is 2.15 bits per heavy atom. The van der Waals surface area contributed by atoms with Crippen LogP contribution in [0.2, 0.25) is 0 Å². The third-order valence-electron chi connectivity index (χ3n) is 3.17. The lowest BCUT2D eigenvalue weighted by molar-refractivity contribution is -0.385. The van der Waals surface area contributed by atoms with E-state index >= 15 is 0 Å². The van der Waals surface area contributed by atoms with Crippen molar-refractivity contribution < 1.29 is 10.0 Å². The van der Waals surface area contributed by atoms with Gasteiger partial charge >= 0.3 is 0 Å². The SMILES string of the molecule is CC(C)(CCCO)CNCc1cc(Br)ccc1[N+](=O)[O-]. The molecule has 0 unspecified atom stereocenters. The summed E-state index contributed by atoms with van der Waals surface area (Å²) in [6, 6.07) is 4.96. The fourth-order valence-electron chi connectivity index (χ4n) is 2.06. The molecule has 112 valence electrons. The van der Waals surface area contributed by atoms with Crippen LogP contribution in [0.3, 0.4) is 0 Å². The van der Waals surface area contributed by atoms with Crippen molar-refractivity contribution in [3.63, 3.8) is 0 Å². The Labute approximate surface area is 127 Å². The van der Waals surface area contributed by atoms with Crippen LogP contribution in [0.25, 0.3) is 0 Å². The number of nitrogens with one attached hydrogen (secondary N) is 1. The molecule has 2 N–H and O–H groups in total. The van der Waals surface area contributed by atoms with Gasteiger partial charge in [0.1, 0.15) is 0 Å². The van der Waals surface area contributed by atoms with Gasteiger partial charge in [-0.05, 0) is 30.4 Å². The number of rotatable bonds is 8. The van der Waals surface area contributed by atoms with Crippen molar-refractivity contribution in [3.8, 4) is 0 Å². The maximum absolute atomic E-state index is 11.0. The molecule has 0 saturated carbocycles. The maximum atomic E-state index is 11.0. The van der Waals surface area contributed by atoms with Gasteiger partial charge in [-0.15, -0.1) is 0 Å². The summed E-state index contributed by atoms with van der Waals surface area (Å²) in [5.41, 5.74) is 0.861. The van der Waals surface area contributed by atoms with Gasteiger partial charge < -0.3 is 10.4 Å². The zero-order chi connectivity index (χ0) is 15.2. The minimum absolute atomic E-state index is 0.0590. The van der Waals surface area contributed by atoms with Gasteiger partial charge in [0.2, 0.25) is 0 Å². The lowest BCUT2D eigenvalue weighted by Gasteiger charge is -2.24. The van der Waals surface area contributed by atoms with Crippen LogP contribution in [0.1, 0.15) is 32.3 Å². The average Bonchev–Trinajstić information content (AvgIpc) is 2.36. The highest BCUT2D eigenvalue weighted by Gasteiger charge is 2.18. The van der Waals surface area contributed by atoms with E-state index in [1.807, 2.05) is 0 Å². The number of aliphatic hydroxyl groups is 1. The zero-order valence-electron chi connectivity index (χ0n) is 11.9. The van der Waals surface area contributed by atoms with Crippen molar-refractivity contribution in [3.05, 3.63) is 38.3 Å². The molecule has 1 aromatic rings. The molecule has 0 bridgehead atoms. The van der Waals surface area contributed by atoms with Gasteiger partial charge in [0.05, 0.1) is 4.92 Å². The number of aliphatic hydroxyl groups excluding tert-OH is 1. The third-order valence-corrected chi connectivity index (χ3v) is 3.66. The summed E-state index contributed by atoms with van der Waals surface area (Å²) in [5, 5.41) is 23.1. The predicted octanol–water partition coefficient (Wildman–Crippen LogP) is 3.25. The van der Waals surface area contributed by atoms with Gasteiger partial charge in [-0.2, -0.15) is 0 Å². The van der Waals surface area contributed by atoms with Crippen LogP contribution in [-0.2, 0) is 6.54 Å². The van der Waals surface area contributed by atoms with Gasteiger partial charge in [-0.25, -0.2) is 0 Å².